The number of nitrogens with zero attached hydrogens (tertiary/aromatic N) is 2. The van der Waals surface area contributed by atoms with Crippen LogP contribution in [0.1, 0.15) is 26.7 Å². The van der Waals surface area contributed by atoms with E-state index in [1.54, 1.807) is 0 Å². The van der Waals surface area contributed by atoms with E-state index in [0.29, 0.717) is 11.4 Å². The first kappa shape index (κ1) is 10.9. The van der Waals surface area contributed by atoms with Crippen molar-refractivity contribution in [3.8, 4) is 0 Å². The smallest absolute Gasteiger partial charge is 0.111 e. The maximum atomic E-state index is 9.06. The second-order valence-corrected chi connectivity index (χ2v) is 5.47. The van der Waals surface area contributed by atoms with Crippen LogP contribution in [0.2, 0.25) is 0 Å². The fraction of sp³-hybridized carbons (Fsp3) is 0.800. The minimum absolute atomic E-state index is 0.0177. The average molecular weight is 275 g/mol. The highest BCUT2D eigenvalue weighted by molar-refractivity contribution is 9.09. The van der Waals surface area contributed by atoms with Crippen molar-refractivity contribution in [2.24, 2.45) is 27.1 Å². The molecule has 3 atom stereocenters. The van der Waals surface area contributed by atoms with Gasteiger partial charge in [0.15, 0.2) is 0 Å². The fourth-order valence-corrected chi connectivity index (χ4v) is 4.23. The number of hydrogen-bond acceptors (Lipinski definition) is 4. The molecule has 2 rings (SSSR count). The minimum Gasteiger partial charge on any atom is -0.411 e. The van der Waals surface area contributed by atoms with Crippen molar-refractivity contribution in [2.45, 2.75) is 26.7 Å². The Morgan fingerprint density at radius 2 is 2.07 bits per heavy atom. The van der Waals surface area contributed by atoms with Gasteiger partial charge in [0.05, 0.1) is 0 Å². The van der Waals surface area contributed by atoms with Gasteiger partial charge in [0.2, 0.25) is 0 Å². The molecule has 3 unspecified atom stereocenters. The zero-order valence-corrected chi connectivity index (χ0v) is 10.5. The van der Waals surface area contributed by atoms with Crippen molar-refractivity contribution in [3.63, 3.8) is 0 Å². The third-order valence-corrected chi connectivity index (χ3v) is 5.71. The molecule has 4 nitrogen and oxygen atoms in total. The quantitative estimate of drug-likeness (QED) is 0.438. The summed E-state index contributed by atoms with van der Waals surface area (Å²) in [5.74, 6) is 0.192. The first-order valence-electron chi connectivity index (χ1n) is 5.06. The number of hydrogen-bond donors (Lipinski definition) is 2. The molecule has 2 aliphatic carbocycles. The van der Waals surface area contributed by atoms with Crippen LogP contribution in [-0.4, -0.2) is 27.2 Å². The van der Waals surface area contributed by atoms with Gasteiger partial charge in [-0.3, -0.25) is 0 Å². The minimum atomic E-state index is -0.183. The maximum absolute atomic E-state index is 9.06. The molecule has 15 heavy (non-hydrogen) atoms. The van der Waals surface area contributed by atoms with Crippen LogP contribution in [0.15, 0.2) is 10.3 Å². The zero-order chi connectivity index (χ0) is 11.3. The molecule has 2 saturated carbocycles. The Morgan fingerprint density at radius 1 is 1.40 bits per heavy atom. The second-order valence-electron chi connectivity index (χ2n) is 4.91. The lowest BCUT2D eigenvalue weighted by Crippen LogP contribution is -2.36. The summed E-state index contributed by atoms with van der Waals surface area (Å²) in [6, 6.07) is 0. The lowest BCUT2D eigenvalue weighted by Gasteiger charge is -2.35. The van der Waals surface area contributed by atoms with Gasteiger partial charge in [-0.25, -0.2) is 0 Å². The predicted molar refractivity (Wildman–Crippen MR) is 61.2 cm³/mol. The monoisotopic (exact) mass is 274 g/mol. The average Bonchev–Trinajstić information content (AvgIpc) is 2.60. The van der Waals surface area contributed by atoms with Gasteiger partial charge in [-0.1, -0.05) is 40.1 Å². The highest BCUT2D eigenvalue weighted by Gasteiger charge is 2.66. The Kier molecular flexibility index (Phi) is 2.33. The summed E-state index contributed by atoms with van der Waals surface area (Å²) in [5, 5.41) is 25.6. The van der Waals surface area contributed by atoms with Gasteiger partial charge in [0.25, 0.3) is 0 Å². The van der Waals surface area contributed by atoms with Crippen LogP contribution in [0.5, 0.6) is 0 Å². The first-order valence-corrected chi connectivity index (χ1v) is 6.18. The third kappa shape index (κ3) is 1.02. The second kappa shape index (κ2) is 3.20. The standard InChI is InChI=1S/C10H15BrN2O2/c1-9-4-3-6(10(9,2)5-11)7(12-14)8(9)13-15/h6,14-15H,3-5H2,1-2H3/b12-7+,13-8+. The topological polar surface area (TPSA) is 65.2 Å². The normalized spacial score (nSPS) is 49.4. The molecule has 0 radical (unpaired) electrons. The Balaban J connectivity index is 2.60. The van der Waals surface area contributed by atoms with Gasteiger partial charge in [-0.2, -0.15) is 0 Å². The van der Waals surface area contributed by atoms with E-state index in [-0.39, 0.29) is 16.7 Å². The summed E-state index contributed by atoms with van der Waals surface area (Å²) in [4.78, 5) is 0. The summed E-state index contributed by atoms with van der Waals surface area (Å²) in [6.45, 7) is 4.24. The van der Waals surface area contributed by atoms with E-state index in [0.717, 1.165) is 18.2 Å². The van der Waals surface area contributed by atoms with Crippen molar-refractivity contribution in [1.82, 2.24) is 0 Å². The van der Waals surface area contributed by atoms with E-state index in [9.17, 15) is 0 Å². The molecule has 2 N–H and O–H groups in total. The van der Waals surface area contributed by atoms with Crippen molar-refractivity contribution in [1.29, 1.82) is 0 Å². The summed E-state index contributed by atoms with van der Waals surface area (Å²) < 4.78 is 0. The van der Waals surface area contributed by atoms with Crippen molar-refractivity contribution < 1.29 is 10.4 Å². The Morgan fingerprint density at radius 3 is 2.47 bits per heavy atom. The Hall–Kier alpha value is -0.580. The van der Waals surface area contributed by atoms with Crippen molar-refractivity contribution >= 4 is 27.4 Å². The van der Waals surface area contributed by atoms with Gasteiger partial charge in [0.1, 0.15) is 11.4 Å². The van der Waals surface area contributed by atoms with E-state index < -0.39 is 0 Å². The van der Waals surface area contributed by atoms with Crippen LogP contribution in [0.25, 0.3) is 0 Å². The largest absolute Gasteiger partial charge is 0.411 e. The lowest BCUT2D eigenvalue weighted by atomic mass is 9.70. The zero-order valence-electron chi connectivity index (χ0n) is 8.87. The molecule has 0 amide bonds. The number of oxime groups is 2. The highest BCUT2D eigenvalue weighted by Crippen LogP contribution is 2.63. The molecular formula is C10H15BrN2O2. The molecule has 84 valence electrons. The Labute approximate surface area is 97.2 Å². The fourth-order valence-electron chi connectivity index (χ4n) is 3.22. The first-order chi connectivity index (χ1) is 7.05. The van der Waals surface area contributed by atoms with Crippen LogP contribution in [0, 0.1) is 16.7 Å². The van der Waals surface area contributed by atoms with E-state index >= 15 is 0 Å². The number of rotatable bonds is 1. The van der Waals surface area contributed by atoms with Crippen LogP contribution in [0.4, 0.5) is 0 Å². The van der Waals surface area contributed by atoms with Crippen LogP contribution >= 0.6 is 15.9 Å². The van der Waals surface area contributed by atoms with Gasteiger partial charge in [-0.15, -0.1) is 0 Å². The Bertz CT molecular complexity index is 355. The molecule has 0 aromatic heterocycles. The molecule has 0 heterocycles. The molecule has 2 aliphatic rings. The molecule has 5 heteroatoms. The number of alkyl halides is 1. The van der Waals surface area contributed by atoms with Gasteiger partial charge in [0, 0.05) is 16.7 Å². The van der Waals surface area contributed by atoms with Crippen molar-refractivity contribution in [3.05, 3.63) is 0 Å². The van der Waals surface area contributed by atoms with Gasteiger partial charge in [-0.05, 0) is 18.3 Å². The number of halogens is 1. The summed E-state index contributed by atoms with van der Waals surface area (Å²) in [7, 11) is 0. The molecule has 0 aromatic carbocycles. The molecule has 2 fully saturated rings. The third-order valence-electron chi connectivity index (χ3n) is 4.54. The molecule has 0 aromatic rings. The maximum Gasteiger partial charge on any atom is 0.111 e. The van der Waals surface area contributed by atoms with E-state index in [4.69, 9.17) is 10.4 Å². The van der Waals surface area contributed by atoms with E-state index in [1.165, 1.54) is 0 Å². The molecule has 2 bridgehead atoms. The number of fused-ring (bicyclic) bond motifs is 2. The van der Waals surface area contributed by atoms with Gasteiger partial charge < -0.3 is 10.4 Å². The van der Waals surface area contributed by atoms with Crippen LogP contribution in [-0.2, 0) is 0 Å². The molecule has 0 saturated heterocycles. The highest BCUT2D eigenvalue weighted by atomic mass is 79.9. The van der Waals surface area contributed by atoms with Crippen molar-refractivity contribution in [2.75, 3.05) is 5.33 Å². The molecule has 0 spiro atoms. The summed E-state index contributed by atoms with van der Waals surface area (Å²) >= 11 is 3.53. The van der Waals surface area contributed by atoms with E-state index in [1.807, 2.05) is 0 Å². The molecular weight excluding hydrogens is 260 g/mol. The lowest BCUT2D eigenvalue weighted by molar-refractivity contribution is 0.208. The van der Waals surface area contributed by atoms with Crippen LogP contribution < -0.4 is 0 Å². The van der Waals surface area contributed by atoms with E-state index in [2.05, 4.69) is 40.1 Å². The SMILES string of the molecule is CC12CCC(C(=N\O)/C1=N\O)C2(C)CBr. The summed E-state index contributed by atoms with van der Waals surface area (Å²) in [5.41, 5.74) is 0.921. The van der Waals surface area contributed by atoms with Crippen LogP contribution in [0.3, 0.4) is 0 Å². The predicted octanol–water partition coefficient (Wildman–Crippen LogP) is 2.48. The van der Waals surface area contributed by atoms with Gasteiger partial charge >= 0.3 is 0 Å². The summed E-state index contributed by atoms with van der Waals surface area (Å²) in [6.07, 6.45) is 1.98. The molecule has 0 aliphatic heterocycles.